The van der Waals surface area contributed by atoms with Crippen LogP contribution < -0.4 is 0 Å². The Hall–Kier alpha value is -0.830. The predicted molar refractivity (Wildman–Crippen MR) is 60.8 cm³/mol. The van der Waals surface area contributed by atoms with Gasteiger partial charge in [-0.15, -0.1) is 0 Å². The monoisotopic (exact) mass is 306 g/mol. The summed E-state index contributed by atoms with van der Waals surface area (Å²) in [7, 11) is -3.70. The van der Waals surface area contributed by atoms with E-state index < -0.39 is 47.3 Å². The fourth-order valence-corrected chi connectivity index (χ4v) is 1.49. The van der Waals surface area contributed by atoms with E-state index in [1.54, 1.807) is 0 Å². The first-order valence-electron chi connectivity index (χ1n) is 5.61. The van der Waals surface area contributed by atoms with Crippen LogP contribution in [-0.4, -0.2) is 39.5 Å². The Morgan fingerprint density at radius 3 is 2.05 bits per heavy atom. The second-order valence-electron chi connectivity index (χ2n) is 3.99. The molecule has 1 atom stereocenters. The standard InChI is InChI=1S/C10H17F3O5S/c1-4-9(3,10(11,12)13)8(14)17-6-7-18-19(15,16)5-2/h4-7H2,1-3H3. The van der Waals surface area contributed by atoms with Gasteiger partial charge in [0.1, 0.15) is 13.2 Å². The average molecular weight is 306 g/mol. The molecular formula is C10H17F3O5S. The van der Waals surface area contributed by atoms with Crippen LogP contribution in [0.25, 0.3) is 0 Å². The van der Waals surface area contributed by atoms with E-state index in [-0.39, 0.29) is 5.75 Å². The third-order valence-electron chi connectivity index (χ3n) is 2.72. The highest BCUT2D eigenvalue weighted by atomic mass is 32.2. The molecule has 9 heteroatoms. The van der Waals surface area contributed by atoms with Crippen molar-refractivity contribution in [1.29, 1.82) is 0 Å². The summed E-state index contributed by atoms with van der Waals surface area (Å²) in [5.74, 6) is -1.71. The summed E-state index contributed by atoms with van der Waals surface area (Å²) in [5, 5.41) is 0. The van der Waals surface area contributed by atoms with Crippen LogP contribution in [0.3, 0.4) is 0 Å². The van der Waals surface area contributed by atoms with Gasteiger partial charge in [-0.05, 0) is 20.3 Å². The van der Waals surface area contributed by atoms with E-state index in [0.29, 0.717) is 0 Å². The van der Waals surface area contributed by atoms with Crippen LogP contribution >= 0.6 is 0 Å². The minimum atomic E-state index is -4.73. The van der Waals surface area contributed by atoms with Gasteiger partial charge >= 0.3 is 12.1 Å². The largest absolute Gasteiger partial charge is 0.463 e. The van der Waals surface area contributed by atoms with Gasteiger partial charge in [0, 0.05) is 0 Å². The number of esters is 1. The highest BCUT2D eigenvalue weighted by Crippen LogP contribution is 2.41. The molecule has 19 heavy (non-hydrogen) atoms. The van der Waals surface area contributed by atoms with E-state index in [9.17, 15) is 26.4 Å². The lowest BCUT2D eigenvalue weighted by atomic mass is 9.87. The van der Waals surface area contributed by atoms with Crippen LogP contribution in [0.5, 0.6) is 0 Å². The van der Waals surface area contributed by atoms with Crippen LogP contribution in [0.15, 0.2) is 0 Å². The molecule has 1 unspecified atom stereocenters. The van der Waals surface area contributed by atoms with Crippen LogP contribution in [0.1, 0.15) is 27.2 Å². The quantitative estimate of drug-likeness (QED) is 0.408. The topological polar surface area (TPSA) is 69.7 Å². The molecular weight excluding hydrogens is 289 g/mol. The maximum atomic E-state index is 12.7. The van der Waals surface area contributed by atoms with Crippen molar-refractivity contribution in [2.45, 2.75) is 33.4 Å². The number of ether oxygens (including phenoxy) is 1. The fraction of sp³-hybridized carbons (Fsp3) is 0.900. The predicted octanol–water partition coefficient (Wildman–Crippen LogP) is 1.87. The summed E-state index contributed by atoms with van der Waals surface area (Å²) < 4.78 is 68.7. The van der Waals surface area contributed by atoms with Crippen molar-refractivity contribution in [3.63, 3.8) is 0 Å². The molecule has 0 spiro atoms. The molecule has 0 N–H and O–H groups in total. The Balaban J connectivity index is 4.40. The van der Waals surface area contributed by atoms with Gasteiger partial charge in [0.05, 0.1) is 5.75 Å². The molecule has 0 saturated heterocycles. The van der Waals surface area contributed by atoms with Crippen LogP contribution in [0.2, 0.25) is 0 Å². The highest BCUT2D eigenvalue weighted by molar-refractivity contribution is 7.86. The Bertz CT molecular complexity index is 404. The summed E-state index contributed by atoms with van der Waals surface area (Å²) in [5.41, 5.74) is -2.60. The fourth-order valence-electron chi connectivity index (χ4n) is 0.998. The van der Waals surface area contributed by atoms with Crippen molar-refractivity contribution in [2.75, 3.05) is 19.0 Å². The third-order valence-corrected chi connectivity index (χ3v) is 3.95. The van der Waals surface area contributed by atoms with E-state index in [4.69, 9.17) is 0 Å². The van der Waals surface area contributed by atoms with Gasteiger partial charge in [-0.3, -0.25) is 8.98 Å². The lowest BCUT2D eigenvalue weighted by molar-refractivity contribution is -0.230. The molecule has 0 aromatic carbocycles. The maximum Gasteiger partial charge on any atom is 0.404 e. The highest BCUT2D eigenvalue weighted by Gasteiger charge is 2.56. The zero-order valence-electron chi connectivity index (χ0n) is 10.9. The molecule has 0 rings (SSSR count). The van der Waals surface area contributed by atoms with E-state index in [0.717, 1.165) is 6.92 Å². The number of carbonyl (C=O) groups excluding carboxylic acids is 1. The molecule has 0 aliphatic rings. The number of alkyl halides is 3. The minimum absolute atomic E-state index is 0.268. The Morgan fingerprint density at radius 1 is 1.16 bits per heavy atom. The zero-order chi connectivity index (χ0) is 15.3. The lowest BCUT2D eigenvalue weighted by Crippen LogP contribution is -2.43. The molecule has 0 saturated carbocycles. The molecule has 0 aliphatic carbocycles. The van der Waals surface area contributed by atoms with E-state index in [1.165, 1.54) is 13.8 Å². The molecule has 114 valence electrons. The number of rotatable bonds is 7. The lowest BCUT2D eigenvalue weighted by Gasteiger charge is -2.28. The molecule has 0 radical (unpaired) electrons. The van der Waals surface area contributed by atoms with Gasteiger partial charge < -0.3 is 4.74 Å². The first kappa shape index (κ1) is 18.2. The number of hydrogen-bond acceptors (Lipinski definition) is 5. The second-order valence-corrected chi connectivity index (χ2v) is 5.92. The molecule has 0 fully saturated rings. The second kappa shape index (κ2) is 6.56. The number of halogens is 3. The number of carbonyl (C=O) groups is 1. The van der Waals surface area contributed by atoms with Gasteiger partial charge in [0.2, 0.25) is 0 Å². The smallest absolute Gasteiger partial charge is 0.404 e. The summed E-state index contributed by atoms with van der Waals surface area (Å²) in [6.45, 7) is 2.24. The summed E-state index contributed by atoms with van der Waals surface area (Å²) in [4.78, 5) is 11.4. The maximum absolute atomic E-state index is 12.7. The van der Waals surface area contributed by atoms with Gasteiger partial charge in [-0.2, -0.15) is 21.6 Å². The van der Waals surface area contributed by atoms with Crippen molar-refractivity contribution in [1.82, 2.24) is 0 Å². The molecule has 5 nitrogen and oxygen atoms in total. The van der Waals surface area contributed by atoms with Crippen molar-refractivity contribution in [3.8, 4) is 0 Å². The minimum Gasteiger partial charge on any atom is -0.463 e. The summed E-state index contributed by atoms with van der Waals surface area (Å²) >= 11 is 0. The van der Waals surface area contributed by atoms with Crippen LogP contribution in [0, 0.1) is 5.41 Å². The number of hydrogen-bond donors (Lipinski definition) is 0. The van der Waals surface area contributed by atoms with Crippen molar-refractivity contribution in [3.05, 3.63) is 0 Å². The normalized spacial score (nSPS) is 15.9. The SMILES string of the molecule is CCC(C)(C(=O)OCCOS(=O)(=O)CC)C(F)(F)F. The molecule has 0 aliphatic heterocycles. The Morgan fingerprint density at radius 2 is 1.68 bits per heavy atom. The van der Waals surface area contributed by atoms with Gasteiger partial charge in [0.15, 0.2) is 5.41 Å². The Labute approximate surface area is 110 Å². The zero-order valence-corrected chi connectivity index (χ0v) is 11.7. The summed E-state index contributed by atoms with van der Waals surface area (Å²) in [6, 6.07) is 0. The van der Waals surface area contributed by atoms with Gasteiger partial charge in [-0.25, -0.2) is 0 Å². The van der Waals surface area contributed by atoms with E-state index in [2.05, 4.69) is 8.92 Å². The van der Waals surface area contributed by atoms with E-state index >= 15 is 0 Å². The third kappa shape index (κ3) is 4.98. The first-order chi connectivity index (χ1) is 8.50. The molecule has 0 aromatic rings. The van der Waals surface area contributed by atoms with Crippen LogP contribution in [-0.2, 0) is 23.8 Å². The molecule has 0 heterocycles. The van der Waals surface area contributed by atoms with Crippen molar-refractivity contribution < 1.29 is 35.3 Å². The van der Waals surface area contributed by atoms with Crippen molar-refractivity contribution in [2.24, 2.45) is 5.41 Å². The van der Waals surface area contributed by atoms with Gasteiger partial charge in [0.25, 0.3) is 10.1 Å². The molecule has 0 aromatic heterocycles. The molecule has 0 amide bonds. The Kier molecular flexibility index (Phi) is 6.27. The average Bonchev–Trinajstić information content (AvgIpc) is 2.31. The van der Waals surface area contributed by atoms with E-state index in [1.807, 2.05) is 0 Å². The van der Waals surface area contributed by atoms with Crippen molar-refractivity contribution >= 4 is 16.1 Å². The summed E-state index contributed by atoms with van der Waals surface area (Å²) in [6.07, 6.45) is -5.20. The first-order valence-corrected chi connectivity index (χ1v) is 7.19. The molecule has 0 bridgehead atoms. The van der Waals surface area contributed by atoms with Gasteiger partial charge in [-0.1, -0.05) is 6.92 Å². The van der Waals surface area contributed by atoms with Crippen LogP contribution in [0.4, 0.5) is 13.2 Å².